The van der Waals surface area contributed by atoms with Gasteiger partial charge in [0.05, 0.1) is 18.4 Å². The van der Waals surface area contributed by atoms with Crippen molar-refractivity contribution >= 4 is 11.8 Å². The molecular formula is C18H23N5O2. The number of rotatable bonds is 6. The number of β-amino-alcohol motifs (C(OH)–C–C–N with tert-alkyl or cyclic N) is 1. The van der Waals surface area contributed by atoms with E-state index in [0.29, 0.717) is 31.6 Å². The van der Waals surface area contributed by atoms with Crippen molar-refractivity contribution in [2.75, 3.05) is 43.1 Å². The summed E-state index contributed by atoms with van der Waals surface area (Å²) in [4.78, 5) is 15.5. The Hall–Kier alpha value is -2.25. The number of aliphatic hydroxyl groups is 1. The molecule has 7 nitrogen and oxygen atoms in total. The van der Waals surface area contributed by atoms with Crippen molar-refractivity contribution in [1.29, 1.82) is 0 Å². The van der Waals surface area contributed by atoms with Crippen LogP contribution < -0.4 is 10.2 Å². The Morgan fingerprint density at radius 1 is 1.32 bits per heavy atom. The molecule has 4 rings (SSSR count). The number of hydrogen-bond donors (Lipinski definition) is 2. The molecule has 0 amide bonds. The molecule has 132 valence electrons. The van der Waals surface area contributed by atoms with Gasteiger partial charge in [-0.05, 0) is 24.5 Å². The highest BCUT2D eigenvalue weighted by molar-refractivity contribution is 5.46. The molecule has 2 aliphatic heterocycles. The molecule has 4 heterocycles. The van der Waals surface area contributed by atoms with E-state index in [9.17, 15) is 5.11 Å². The van der Waals surface area contributed by atoms with Gasteiger partial charge in [-0.15, -0.1) is 0 Å². The molecule has 2 aliphatic rings. The van der Waals surface area contributed by atoms with Crippen LogP contribution in [-0.2, 0) is 11.2 Å². The van der Waals surface area contributed by atoms with Crippen molar-refractivity contribution in [3.63, 3.8) is 0 Å². The smallest absolute Gasteiger partial charge is 0.227 e. The minimum Gasteiger partial charge on any atom is -0.389 e. The zero-order valence-corrected chi connectivity index (χ0v) is 14.1. The summed E-state index contributed by atoms with van der Waals surface area (Å²) in [7, 11) is 0. The lowest BCUT2D eigenvalue weighted by Gasteiger charge is -2.36. The summed E-state index contributed by atoms with van der Waals surface area (Å²) >= 11 is 0. The summed E-state index contributed by atoms with van der Waals surface area (Å²) in [6.45, 7) is 3.48. The average Bonchev–Trinajstić information content (AvgIpc) is 3.14. The maximum Gasteiger partial charge on any atom is 0.227 e. The van der Waals surface area contributed by atoms with Gasteiger partial charge in [-0.3, -0.25) is 4.98 Å². The van der Waals surface area contributed by atoms with Gasteiger partial charge in [-0.1, -0.05) is 6.07 Å². The summed E-state index contributed by atoms with van der Waals surface area (Å²) in [5, 5.41) is 13.0. The number of aromatic nitrogens is 3. The summed E-state index contributed by atoms with van der Waals surface area (Å²) in [6.07, 6.45) is 5.27. The van der Waals surface area contributed by atoms with Gasteiger partial charge < -0.3 is 20.1 Å². The third-order valence-electron chi connectivity index (χ3n) is 4.67. The molecule has 2 N–H and O–H groups in total. The minimum absolute atomic E-state index is 0.274. The van der Waals surface area contributed by atoms with Crippen molar-refractivity contribution in [2.24, 2.45) is 0 Å². The van der Waals surface area contributed by atoms with E-state index in [-0.39, 0.29) is 6.10 Å². The molecule has 7 heteroatoms. The molecule has 1 unspecified atom stereocenters. The van der Waals surface area contributed by atoms with Crippen LogP contribution in [0.25, 0.3) is 0 Å². The van der Waals surface area contributed by atoms with Gasteiger partial charge in [0.15, 0.2) is 0 Å². The highest BCUT2D eigenvalue weighted by Gasteiger charge is 2.28. The van der Waals surface area contributed by atoms with Crippen LogP contribution in [0.2, 0.25) is 0 Å². The van der Waals surface area contributed by atoms with Crippen LogP contribution in [0.5, 0.6) is 0 Å². The van der Waals surface area contributed by atoms with Crippen LogP contribution in [0.1, 0.15) is 23.6 Å². The monoisotopic (exact) mass is 341 g/mol. The fourth-order valence-corrected chi connectivity index (χ4v) is 3.16. The summed E-state index contributed by atoms with van der Waals surface area (Å²) in [6, 6.07) is 6.05. The Morgan fingerprint density at radius 2 is 2.24 bits per heavy atom. The first-order valence-corrected chi connectivity index (χ1v) is 8.80. The highest BCUT2D eigenvalue weighted by Crippen LogP contribution is 2.28. The number of anilines is 2. The molecule has 0 spiro atoms. The van der Waals surface area contributed by atoms with E-state index in [1.807, 2.05) is 23.2 Å². The second-order valence-corrected chi connectivity index (χ2v) is 6.64. The molecule has 2 aromatic heterocycles. The zero-order valence-electron chi connectivity index (χ0n) is 14.1. The maximum absolute atomic E-state index is 9.56. The van der Waals surface area contributed by atoms with E-state index < -0.39 is 0 Å². The third-order valence-corrected chi connectivity index (χ3v) is 4.67. The lowest BCUT2D eigenvalue weighted by molar-refractivity contribution is 0.140. The predicted octanol–water partition coefficient (Wildman–Crippen LogP) is 1.21. The normalized spacial score (nSPS) is 20.5. The number of ether oxygens (including phenoxy) is 1. The van der Waals surface area contributed by atoms with Gasteiger partial charge in [0.25, 0.3) is 0 Å². The van der Waals surface area contributed by atoms with Crippen molar-refractivity contribution in [3.8, 4) is 0 Å². The third kappa shape index (κ3) is 3.88. The first-order chi connectivity index (χ1) is 12.3. The SMILES string of the molecule is OC1CN(c2nc(NCCc3cccnc3)cc(C3CCOC3)n2)C1. The molecular weight excluding hydrogens is 318 g/mol. The molecule has 0 radical (unpaired) electrons. The minimum atomic E-state index is -0.274. The molecule has 2 aromatic rings. The van der Waals surface area contributed by atoms with Gasteiger partial charge >= 0.3 is 0 Å². The van der Waals surface area contributed by atoms with Crippen molar-refractivity contribution < 1.29 is 9.84 Å². The van der Waals surface area contributed by atoms with Crippen molar-refractivity contribution in [2.45, 2.75) is 24.9 Å². The Balaban J connectivity index is 1.47. The quantitative estimate of drug-likeness (QED) is 0.817. The second kappa shape index (κ2) is 7.33. The van der Waals surface area contributed by atoms with E-state index >= 15 is 0 Å². The average molecular weight is 341 g/mol. The Morgan fingerprint density at radius 3 is 2.96 bits per heavy atom. The Labute approximate surface area is 147 Å². The molecule has 25 heavy (non-hydrogen) atoms. The first-order valence-electron chi connectivity index (χ1n) is 8.80. The lowest BCUT2D eigenvalue weighted by Crippen LogP contribution is -2.51. The van der Waals surface area contributed by atoms with Crippen LogP contribution >= 0.6 is 0 Å². The number of hydrogen-bond acceptors (Lipinski definition) is 7. The number of nitrogens with one attached hydrogen (secondary N) is 1. The molecule has 0 aliphatic carbocycles. The van der Waals surface area contributed by atoms with Crippen molar-refractivity contribution in [1.82, 2.24) is 15.0 Å². The van der Waals surface area contributed by atoms with Gasteiger partial charge in [0.1, 0.15) is 5.82 Å². The largest absolute Gasteiger partial charge is 0.389 e. The lowest BCUT2D eigenvalue weighted by atomic mass is 10.0. The van der Waals surface area contributed by atoms with Gasteiger partial charge in [0.2, 0.25) is 5.95 Å². The highest BCUT2D eigenvalue weighted by atomic mass is 16.5. The molecule has 0 aromatic carbocycles. The molecule has 1 atom stereocenters. The summed E-state index contributed by atoms with van der Waals surface area (Å²) < 4.78 is 5.51. The predicted molar refractivity (Wildman–Crippen MR) is 94.9 cm³/mol. The van der Waals surface area contributed by atoms with Crippen LogP contribution in [0.4, 0.5) is 11.8 Å². The van der Waals surface area contributed by atoms with E-state index in [0.717, 1.165) is 37.5 Å². The maximum atomic E-state index is 9.56. The number of aliphatic hydroxyl groups excluding tert-OH is 1. The Kier molecular flexibility index (Phi) is 4.76. The standard InChI is InChI=1S/C18H23N5O2/c24-15-10-23(11-15)18-21-16(14-4-7-25-12-14)8-17(22-18)20-6-3-13-2-1-5-19-9-13/h1-2,5,8-9,14-15,24H,3-4,6-7,10-12H2,(H,20,21,22). The topological polar surface area (TPSA) is 83.4 Å². The molecule has 0 bridgehead atoms. The van der Waals surface area contributed by atoms with E-state index in [1.54, 1.807) is 6.20 Å². The zero-order chi connectivity index (χ0) is 17.1. The molecule has 0 saturated carbocycles. The number of pyridine rings is 1. The van der Waals surface area contributed by atoms with Gasteiger partial charge in [-0.25, -0.2) is 4.98 Å². The van der Waals surface area contributed by atoms with E-state index in [4.69, 9.17) is 9.72 Å². The number of nitrogens with zero attached hydrogens (tertiary/aromatic N) is 4. The van der Waals surface area contributed by atoms with Crippen LogP contribution in [0, 0.1) is 0 Å². The van der Waals surface area contributed by atoms with E-state index in [2.05, 4.69) is 21.4 Å². The fourth-order valence-electron chi connectivity index (χ4n) is 3.16. The van der Waals surface area contributed by atoms with Crippen LogP contribution in [0.3, 0.4) is 0 Å². The van der Waals surface area contributed by atoms with Gasteiger partial charge in [-0.2, -0.15) is 4.98 Å². The van der Waals surface area contributed by atoms with Crippen molar-refractivity contribution in [3.05, 3.63) is 41.9 Å². The molecule has 2 saturated heterocycles. The first kappa shape index (κ1) is 16.2. The second-order valence-electron chi connectivity index (χ2n) is 6.64. The van der Waals surface area contributed by atoms with E-state index in [1.165, 1.54) is 5.56 Å². The van der Waals surface area contributed by atoms with Gasteiger partial charge in [0, 0.05) is 50.6 Å². The summed E-state index contributed by atoms with van der Waals surface area (Å²) in [5.41, 5.74) is 2.22. The van der Waals surface area contributed by atoms with Crippen LogP contribution in [0.15, 0.2) is 30.6 Å². The fraction of sp³-hybridized carbons (Fsp3) is 0.500. The Bertz CT molecular complexity index is 700. The molecule has 2 fully saturated rings. The van der Waals surface area contributed by atoms with Crippen LogP contribution in [-0.4, -0.2) is 59.0 Å². The summed E-state index contributed by atoms with van der Waals surface area (Å²) in [5.74, 6) is 1.85.